The molecule has 0 spiro atoms. The highest BCUT2D eigenvalue weighted by atomic mass is 16.6. The van der Waals surface area contributed by atoms with Crippen LogP contribution in [0.5, 0.6) is 0 Å². The van der Waals surface area contributed by atoms with E-state index in [1.165, 1.54) is 12.1 Å². The molecule has 1 aromatic heterocycles. The summed E-state index contributed by atoms with van der Waals surface area (Å²) in [5, 5.41) is 19.7. The summed E-state index contributed by atoms with van der Waals surface area (Å²) in [5.74, 6) is -0.537. The van der Waals surface area contributed by atoms with Crippen molar-refractivity contribution < 1.29 is 14.8 Å². The van der Waals surface area contributed by atoms with Crippen molar-refractivity contribution in [2.24, 2.45) is 5.73 Å². The van der Waals surface area contributed by atoms with E-state index >= 15 is 0 Å². The number of hydrogen-bond acceptors (Lipinski definition) is 6. The number of nitrogens with two attached hydrogens (primary N) is 1. The maximum Gasteiger partial charge on any atom is 0.325 e. The van der Waals surface area contributed by atoms with E-state index in [2.05, 4.69) is 4.98 Å². The van der Waals surface area contributed by atoms with Crippen molar-refractivity contribution in [1.29, 1.82) is 0 Å². The molecule has 3 N–H and O–H groups in total. The number of pyridine rings is 1. The van der Waals surface area contributed by atoms with Crippen molar-refractivity contribution in [3.8, 4) is 0 Å². The maximum absolute atomic E-state index is 11.0. The predicted octanol–water partition coefficient (Wildman–Crippen LogP) is 0.290. The van der Waals surface area contributed by atoms with Crippen molar-refractivity contribution in [2.75, 3.05) is 18.0 Å². The molecule has 0 bridgehead atoms. The zero-order valence-corrected chi connectivity index (χ0v) is 10.4. The number of aliphatic carboxylic acids is 1. The fourth-order valence-corrected chi connectivity index (χ4v) is 2.11. The van der Waals surface area contributed by atoms with Crippen LogP contribution in [0.2, 0.25) is 0 Å². The van der Waals surface area contributed by atoms with Crippen LogP contribution in [0.3, 0.4) is 0 Å². The second-order valence-electron chi connectivity index (χ2n) is 4.66. The Hall–Kier alpha value is -2.22. The molecule has 1 atom stereocenters. The van der Waals surface area contributed by atoms with Gasteiger partial charge >= 0.3 is 5.97 Å². The largest absolute Gasteiger partial charge is 0.480 e. The fraction of sp³-hybridized carbons (Fsp3) is 0.455. The van der Waals surface area contributed by atoms with E-state index in [0.29, 0.717) is 24.5 Å². The number of carboxylic acids is 1. The summed E-state index contributed by atoms with van der Waals surface area (Å²) in [5.41, 5.74) is 4.73. The third kappa shape index (κ3) is 2.34. The summed E-state index contributed by atoms with van der Waals surface area (Å²) in [6, 6.07) is 2.88. The number of nitrogens with zero attached hydrogens (tertiary/aromatic N) is 3. The van der Waals surface area contributed by atoms with Crippen LogP contribution in [-0.4, -0.2) is 39.6 Å². The molecule has 1 aliphatic rings. The first kappa shape index (κ1) is 13.2. The number of nitro groups is 1. The molecule has 1 aliphatic heterocycles. The van der Waals surface area contributed by atoms with Crippen LogP contribution in [0.4, 0.5) is 11.5 Å². The third-order valence-corrected chi connectivity index (χ3v) is 3.29. The molecular formula is C11H14N4O4. The van der Waals surface area contributed by atoms with Crippen molar-refractivity contribution >= 4 is 17.5 Å². The van der Waals surface area contributed by atoms with Gasteiger partial charge in [0.05, 0.1) is 4.92 Å². The lowest BCUT2D eigenvalue weighted by Gasteiger charge is -2.20. The molecule has 2 rings (SSSR count). The molecule has 19 heavy (non-hydrogen) atoms. The number of aromatic nitrogens is 1. The topological polar surface area (TPSA) is 123 Å². The molecular weight excluding hydrogens is 252 g/mol. The zero-order valence-electron chi connectivity index (χ0n) is 10.4. The summed E-state index contributed by atoms with van der Waals surface area (Å²) < 4.78 is 0. The summed E-state index contributed by atoms with van der Waals surface area (Å²) in [4.78, 5) is 27.1. The summed E-state index contributed by atoms with van der Waals surface area (Å²) >= 11 is 0. The van der Waals surface area contributed by atoms with Crippen LogP contribution < -0.4 is 10.6 Å². The molecule has 1 saturated heterocycles. The third-order valence-electron chi connectivity index (χ3n) is 3.29. The molecule has 2 heterocycles. The van der Waals surface area contributed by atoms with E-state index in [1.54, 1.807) is 11.8 Å². The minimum atomic E-state index is -1.28. The van der Waals surface area contributed by atoms with Crippen LogP contribution in [0, 0.1) is 17.0 Å². The maximum atomic E-state index is 11.0. The molecule has 0 aliphatic carbocycles. The molecule has 1 aromatic rings. The number of rotatable bonds is 3. The number of anilines is 1. The SMILES string of the molecule is Cc1nc(N2CCC(N)(C(=O)O)C2)ccc1[N+](=O)[O-]. The smallest absolute Gasteiger partial charge is 0.325 e. The molecule has 0 radical (unpaired) electrons. The summed E-state index contributed by atoms with van der Waals surface area (Å²) in [6.45, 7) is 2.16. The van der Waals surface area contributed by atoms with Gasteiger partial charge in [-0.15, -0.1) is 0 Å². The number of carboxylic acid groups (broad SMARTS) is 1. The Morgan fingerprint density at radius 2 is 2.32 bits per heavy atom. The van der Waals surface area contributed by atoms with Crippen LogP contribution in [-0.2, 0) is 4.79 Å². The standard InChI is InChI=1S/C11H14N4O4/c1-7-8(15(18)19)2-3-9(13-7)14-5-4-11(12,6-14)10(16)17/h2-3H,4-6,12H2,1H3,(H,16,17). The van der Waals surface area contributed by atoms with Crippen molar-refractivity contribution in [2.45, 2.75) is 18.9 Å². The fourth-order valence-electron chi connectivity index (χ4n) is 2.11. The molecule has 102 valence electrons. The van der Waals surface area contributed by atoms with Gasteiger partial charge in [0, 0.05) is 19.2 Å². The van der Waals surface area contributed by atoms with Crippen molar-refractivity contribution in [3.05, 3.63) is 27.9 Å². The highest BCUT2D eigenvalue weighted by Crippen LogP contribution is 2.26. The molecule has 8 nitrogen and oxygen atoms in total. The highest BCUT2D eigenvalue weighted by Gasteiger charge is 2.41. The van der Waals surface area contributed by atoms with Crippen molar-refractivity contribution in [3.63, 3.8) is 0 Å². The van der Waals surface area contributed by atoms with Gasteiger partial charge in [-0.2, -0.15) is 0 Å². The molecule has 1 fully saturated rings. The lowest BCUT2D eigenvalue weighted by molar-refractivity contribution is -0.385. The van der Waals surface area contributed by atoms with Gasteiger partial charge in [-0.05, 0) is 19.4 Å². The summed E-state index contributed by atoms with van der Waals surface area (Å²) in [6.07, 6.45) is 0.319. The van der Waals surface area contributed by atoms with E-state index in [1.807, 2.05) is 0 Å². The lowest BCUT2D eigenvalue weighted by atomic mass is 10.0. The van der Waals surface area contributed by atoms with Crippen LogP contribution in [0.15, 0.2) is 12.1 Å². The van der Waals surface area contributed by atoms with E-state index in [4.69, 9.17) is 10.8 Å². The predicted molar refractivity (Wildman–Crippen MR) is 67.0 cm³/mol. The first-order chi connectivity index (χ1) is 8.83. The van der Waals surface area contributed by atoms with Crippen molar-refractivity contribution in [1.82, 2.24) is 4.98 Å². The Morgan fingerprint density at radius 3 is 2.79 bits per heavy atom. The van der Waals surface area contributed by atoms with E-state index in [0.717, 1.165) is 0 Å². The minimum Gasteiger partial charge on any atom is -0.480 e. The van der Waals surface area contributed by atoms with E-state index in [9.17, 15) is 14.9 Å². The van der Waals surface area contributed by atoms with Crippen LogP contribution >= 0.6 is 0 Å². The lowest BCUT2D eigenvalue weighted by Crippen LogP contribution is -2.50. The number of carbonyl (C=O) groups is 1. The number of aryl methyl sites for hydroxylation is 1. The van der Waals surface area contributed by atoms with Crippen LogP contribution in [0.1, 0.15) is 12.1 Å². The first-order valence-corrected chi connectivity index (χ1v) is 5.73. The van der Waals surface area contributed by atoms with Crippen LogP contribution in [0.25, 0.3) is 0 Å². The van der Waals surface area contributed by atoms with Gasteiger partial charge in [-0.3, -0.25) is 14.9 Å². The van der Waals surface area contributed by atoms with Gasteiger partial charge in [0.2, 0.25) is 0 Å². The van der Waals surface area contributed by atoms with Gasteiger partial charge in [0.25, 0.3) is 5.69 Å². The molecule has 1 unspecified atom stereocenters. The second kappa shape index (κ2) is 4.47. The average molecular weight is 266 g/mol. The first-order valence-electron chi connectivity index (χ1n) is 5.73. The normalized spacial score (nSPS) is 22.5. The average Bonchev–Trinajstić information content (AvgIpc) is 2.73. The Labute approximate surface area is 109 Å². The molecule has 0 saturated carbocycles. The van der Waals surface area contributed by atoms with E-state index < -0.39 is 16.4 Å². The Bertz CT molecular complexity index is 547. The Kier molecular flexibility index (Phi) is 3.11. The molecule has 0 aromatic carbocycles. The van der Waals surface area contributed by atoms with Gasteiger partial charge in [0.1, 0.15) is 17.1 Å². The highest BCUT2D eigenvalue weighted by molar-refractivity contribution is 5.80. The minimum absolute atomic E-state index is 0.0554. The zero-order chi connectivity index (χ0) is 14.2. The Morgan fingerprint density at radius 1 is 1.63 bits per heavy atom. The van der Waals surface area contributed by atoms with Gasteiger partial charge in [-0.25, -0.2) is 4.98 Å². The number of hydrogen-bond donors (Lipinski definition) is 2. The molecule has 8 heteroatoms. The Balaban J connectivity index is 2.23. The van der Waals surface area contributed by atoms with Gasteiger partial charge in [-0.1, -0.05) is 0 Å². The second-order valence-corrected chi connectivity index (χ2v) is 4.66. The van der Waals surface area contributed by atoms with E-state index in [-0.39, 0.29) is 12.2 Å². The van der Waals surface area contributed by atoms with Gasteiger partial charge in [0.15, 0.2) is 0 Å². The monoisotopic (exact) mass is 266 g/mol. The van der Waals surface area contributed by atoms with Gasteiger partial charge < -0.3 is 15.7 Å². The summed E-state index contributed by atoms with van der Waals surface area (Å²) in [7, 11) is 0. The quantitative estimate of drug-likeness (QED) is 0.595. The molecule has 0 amide bonds.